The maximum atomic E-state index is 10.6. The Morgan fingerprint density at radius 2 is 2.22 bits per heavy atom. The molecule has 0 N–H and O–H groups in total. The van der Waals surface area contributed by atoms with E-state index in [1.807, 2.05) is 0 Å². The van der Waals surface area contributed by atoms with Gasteiger partial charge in [-0.3, -0.25) is 4.79 Å². The predicted octanol–water partition coefficient (Wildman–Crippen LogP) is 2.21. The molecular formula is C13H13NO4. The number of rotatable bonds is 6. The number of ether oxygens (including phenoxy) is 2. The van der Waals surface area contributed by atoms with Gasteiger partial charge in [-0.2, -0.15) is 0 Å². The molecule has 18 heavy (non-hydrogen) atoms. The van der Waals surface area contributed by atoms with Gasteiger partial charge in [-0.1, -0.05) is 17.3 Å². The fourth-order valence-electron chi connectivity index (χ4n) is 1.47. The maximum absolute atomic E-state index is 10.6. The van der Waals surface area contributed by atoms with Crippen LogP contribution in [0.5, 0.6) is 5.75 Å². The van der Waals surface area contributed by atoms with Crippen molar-refractivity contribution in [3.8, 4) is 5.75 Å². The second-order valence-electron chi connectivity index (χ2n) is 3.70. The minimum atomic E-state index is 0.287. The molecule has 5 nitrogen and oxygen atoms in total. The lowest BCUT2D eigenvalue weighted by atomic mass is 10.2. The Morgan fingerprint density at radius 1 is 1.33 bits per heavy atom. The summed E-state index contributed by atoms with van der Waals surface area (Å²) in [6.07, 6.45) is 0.777. The lowest BCUT2D eigenvalue weighted by molar-refractivity contribution is 0.112. The van der Waals surface area contributed by atoms with Crippen LogP contribution in [0.25, 0.3) is 0 Å². The van der Waals surface area contributed by atoms with E-state index in [-0.39, 0.29) is 6.61 Å². The van der Waals surface area contributed by atoms with Gasteiger partial charge in [0.2, 0.25) is 0 Å². The molecule has 0 saturated heterocycles. The summed E-state index contributed by atoms with van der Waals surface area (Å²) in [6.45, 7) is 0.670. The molecule has 0 saturated carbocycles. The van der Waals surface area contributed by atoms with E-state index in [2.05, 4.69) is 5.16 Å². The second-order valence-corrected chi connectivity index (χ2v) is 3.70. The van der Waals surface area contributed by atoms with E-state index in [1.165, 1.54) is 0 Å². The molecule has 1 heterocycles. The van der Waals surface area contributed by atoms with Gasteiger partial charge in [0.15, 0.2) is 5.76 Å². The van der Waals surface area contributed by atoms with E-state index in [0.29, 0.717) is 29.4 Å². The Balaban J connectivity index is 1.95. The molecule has 1 aromatic heterocycles. The molecule has 2 aromatic rings. The molecule has 0 aliphatic carbocycles. The summed E-state index contributed by atoms with van der Waals surface area (Å²) in [5.74, 6) is 1.27. The van der Waals surface area contributed by atoms with Gasteiger partial charge in [-0.05, 0) is 12.1 Å². The first-order valence-electron chi connectivity index (χ1n) is 5.43. The van der Waals surface area contributed by atoms with E-state index in [9.17, 15) is 4.79 Å². The van der Waals surface area contributed by atoms with E-state index in [0.717, 1.165) is 6.29 Å². The van der Waals surface area contributed by atoms with Crippen molar-refractivity contribution in [1.82, 2.24) is 5.16 Å². The van der Waals surface area contributed by atoms with Crippen LogP contribution in [-0.2, 0) is 18.0 Å². The summed E-state index contributed by atoms with van der Waals surface area (Å²) in [4.78, 5) is 10.6. The quantitative estimate of drug-likeness (QED) is 0.732. The number of hydrogen-bond acceptors (Lipinski definition) is 5. The maximum Gasteiger partial charge on any atom is 0.162 e. The molecule has 0 fully saturated rings. The number of carbonyl (C=O) groups excluding carboxylic acids is 1. The third-order valence-electron chi connectivity index (χ3n) is 2.28. The Morgan fingerprint density at radius 3 is 3.00 bits per heavy atom. The predicted molar refractivity (Wildman–Crippen MR) is 63.4 cm³/mol. The van der Waals surface area contributed by atoms with Crippen LogP contribution in [-0.4, -0.2) is 18.6 Å². The lowest BCUT2D eigenvalue weighted by Crippen LogP contribution is -1.96. The molecule has 94 valence electrons. The highest BCUT2D eigenvalue weighted by Gasteiger charge is 2.04. The SMILES string of the molecule is COCc1cc(COc2cccc(C=O)c2)no1. The number of benzene rings is 1. The molecule has 5 heteroatoms. The molecule has 0 atom stereocenters. The summed E-state index contributed by atoms with van der Waals surface area (Å²) < 4.78 is 15.5. The number of hydrogen-bond donors (Lipinski definition) is 0. The molecule has 0 amide bonds. The molecule has 0 unspecified atom stereocenters. The van der Waals surface area contributed by atoms with Crippen molar-refractivity contribution in [2.75, 3.05) is 7.11 Å². The van der Waals surface area contributed by atoms with Gasteiger partial charge in [0.1, 0.15) is 30.9 Å². The zero-order valence-corrected chi connectivity index (χ0v) is 9.96. The normalized spacial score (nSPS) is 10.3. The monoisotopic (exact) mass is 247 g/mol. The van der Waals surface area contributed by atoms with Crippen LogP contribution in [0.1, 0.15) is 21.8 Å². The third kappa shape index (κ3) is 3.18. The first-order valence-corrected chi connectivity index (χ1v) is 5.43. The smallest absolute Gasteiger partial charge is 0.162 e. The van der Waals surface area contributed by atoms with Gasteiger partial charge >= 0.3 is 0 Å². The fourth-order valence-corrected chi connectivity index (χ4v) is 1.47. The first kappa shape index (κ1) is 12.3. The molecule has 0 aliphatic rings. The van der Waals surface area contributed by atoms with E-state index >= 15 is 0 Å². The van der Waals surface area contributed by atoms with Crippen LogP contribution in [0, 0.1) is 0 Å². The number of nitrogens with zero attached hydrogens (tertiary/aromatic N) is 1. The van der Waals surface area contributed by atoms with Crippen LogP contribution in [0.15, 0.2) is 34.9 Å². The van der Waals surface area contributed by atoms with E-state index in [1.54, 1.807) is 37.4 Å². The van der Waals surface area contributed by atoms with Crippen LogP contribution >= 0.6 is 0 Å². The summed E-state index contributed by atoms with van der Waals surface area (Å²) in [7, 11) is 1.59. The van der Waals surface area contributed by atoms with Crippen LogP contribution in [0.3, 0.4) is 0 Å². The van der Waals surface area contributed by atoms with Gasteiger partial charge in [0.25, 0.3) is 0 Å². The van der Waals surface area contributed by atoms with Crippen LogP contribution in [0.2, 0.25) is 0 Å². The summed E-state index contributed by atoms with van der Waals surface area (Å²) in [5.41, 5.74) is 1.26. The summed E-state index contributed by atoms with van der Waals surface area (Å²) in [6, 6.07) is 8.70. The van der Waals surface area contributed by atoms with Crippen molar-refractivity contribution in [2.45, 2.75) is 13.2 Å². The van der Waals surface area contributed by atoms with Gasteiger partial charge in [-0.25, -0.2) is 0 Å². The average Bonchev–Trinajstić information content (AvgIpc) is 2.85. The number of carbonyl (C=O) groups is 1. The zero-order chi connectivity index (χ0) is 12.8. The van der Waals surface area contributed by atoms with E-state index < -0.39 is 0 Å². The number of aldehydes is 1. The second kappa shape index (κ2) is 5.97. The van der Waals surface area contributed by atoms with Gasteiger partial charge in [0, 0.05) is 18.7 Å². The Labute approximate surface area is 104 Å². The third-order valence-corrected chi connectivity index (χ3v) is 2.28. The van der Waals surface area contributed by atoms with Crippen LogP contribution < -0.4 is 4.74 Å². The minimum Gasteiger partial charge on any atom is -0.487 e. The van der Waals surface area contributed by atoms with Crippen molar-refractivity contribution in [2.24, 2.45) is 0 Å². The number of methoxy groups -OCH3 is 1. The average molecular weight is 247 g/mol. The van der Waals surface area contributed by atoms with Crippen molar-refractivity contribution >= 4 is 6.29 Å². The summed E-state index contributed by atoms with van der Waals surface area (Å²) in [5, 5.41) is 3.84. The Kier molecular flexibility index (Phi) is 4.09. The molecule has 1 aromatic carbocycles. The van der Waals surface area contributed by atoms with Crippen molar-refractivity contribution < 1.29 is 18.8 Å². The van der Waals surface area contributed by atoms with Gasteiger partial charge < -0.3 is 14.0 Å². The Bertz CT molecular complexity index is 521. The van der Waals surface area contributed by atoms with E-state index in [4.69, 9.17) is 14.0 Å². The molecule has 0 bridgehead atoms. The van der Waals surface area contributed by atoms with Crippen molar-refractivity contribution in [1.29, 1.82) is 0 Å². The molecule has 0 aliphatic heterocycles. The van der Waals surface area contributed by atoms with Gasteiger partial charge in [-0.15, -0.1) is 0 Å². The van der Waals surface area contributed by atoms with Crippen molar-refractivity contribution in [3.63, 3.8) is 0 Å². The molecule has 2 rings (SSSR count). The minimum absolute atomic E-state index is 0.287. The van der Waals surface area contributed by atoms with Gasteiger partial charge in [0.05, 0.1) is 0 Å². The lowest BCUT2D eigenvalue weighted by Gasteiger charge is -2.03. The highest BCUT2D eigenvalue weighted by molar-refractivity contribution is 5.75. The topological polar surface area (TPSA) is 61.6 Å². The molecular weight excluding hydrogens is 234 g/mol. The fraction of sp³-hybridized carbons (Fsp3) is 0.231. The highest BCUT2D eigenvalue weighted by atomic mass is 16.5. The Hall–Kier alpha value is -2.14. The summed E-state index contributed by atoms with van der Waals surface area (Å²) >= 11 is 0. The first-order chi connectivity index (χ1) is 8.81. The van der Waals surface area contributed by atoms with Crippen LogP contribution in [0.4, 0.5) is 0 Å². The highest BCUT2D eigenvalue weighted by Crippen LogP contribution is 2.14. The largest absolute Gasteiger partial charge is 0.487 e. The zero-order valence-electron chi connectivity index (χ0n) is 9.96. The molecule has 0 spiro atoms. The van der Waals surface area contributed by atoms with Crippen molar-refractivity contribution in [3.05, 3.63) is 47.3 Å². The number of aromatic nitrogens is 1. The standard InChI is InChI=1S/C13H13NO4/c1-16-9-13-6-11(14-18-13)8-17-12-4-2-3-10(5-12)7-15/h2-7H,8-9H2,1H3. The molecule has 0 radical (unpaired) electrons.